The number of likely N-dealkylation sites (tertiary alicyclic amines) is 1. The van der Waals surface area contributed by atoms with E-state index in [9.17, 15) is 5.11 Å². The van der Waals surface area contributed by atoms with E-state index < -0.39 is 0 Å². The highest BCUT2D eigenvalue weighted by molar-refractivity contribution is 5.46. The minimum atomic E-state index is 0.316. The van der Waals surface area contributed by atoms with Crippen molar-refractivity contribution < 1.29 is 5.11 Å². The number of phenols is 1. The maximum atomic E-state index is 9.30. The number of phenolic OH excluding ortho intramolecular Hbond substituents is 1. The maximum absolute atomic E-state index is 9.30. The molecule has 3 heteroatoms. The van der Waals surface area contributed by atoms with Gasteiger partial charge in [-0.25, -0.2) is 0 Å². The van der Waals surface area contributed by atoms with Gasteiger partial charge in [0.15, 0.2) is 0 Å². The molecule has 1 aliphatic rings. The van der Waals surface area contributed by atoms with Gasteiger partial charge in [0.05, 0.1) is 0 Å². The fraction of sp³-hybridized carbons (Fsp3) is 0.333. The van der Waals surface area contributed by atoms with Crippen LogP contribution in [-0.4, -0.2) is 35.7 Å². The first-order valence-corrected chi connectivity index (χ1v) is 7.61. The normalized spacial score (nSPS) is 18.8. The van der Waals surface area contributed by atoms with Gasteiger partial charge in [0.1, 0.15) is 5.75 Å². The molecule has 1 atom stereocenters. The summed E-state index contributed by atoms with van der Waals surface area (Å²) in [6.07, 6.45) is 2.29. The zero-order chi connectivity index (χ0) is 14.5. The number of nitrogens with zero attached hydrogens (tertiary/aromatic N) is 1. The predicted octanol–water partition coefficient (Wildman–Crippen LogP) is 3.12. The summed E-state index contributed by atoms with van der Waals surface area (Å²) in [7, 11) is 0. The predicted molar refractivity (Wildman–Crippen MR) is 86.7 cm³/mol. The lowest BCUT2D eigenvalue weighted by atomic mass is 10.1. The lowest BCUT2D eigenvalue weighted by Crippen LogP contribution is -2.27. The Morgan fingerprint density at radius 2 is 1.81 bits per heavy atom. The second kappa shape index (κ2) is 6.64. The number of anilines is 1. The van der Waals surface area contributed by atoms with E-state index in [1.807, 2.05) is 12.1 Å². The molecule has 0 saturated carbocycles. The van der Waals surface area contributed by atoms with Gasteiger partial charge in [0.2, 0.25) is 0 Å². The highest BCUT2D eigenvalue weighted by atomic mass is 16.3. The van der Waals surface area contributed by atoms with Crippen molar-refractivity contribution in [2.45, 2.75) is 18.9 Å². The summed E-state index contributed by atoms with van der Waals surface area (Å²) >= 11 is 0. The molecule has 3 rings (SSSR count). The Morgan fingerprint density at radius 3 is 2.57 bits per heavy atom. The lowest BCUT2D eigenvalue weighted by Gasteiger charge is -2.17. The van der Waals surface area contributed by atoms with Gasteiger partial charge in [-0.05, 0) is 42.7 Å². The molecule has 2 aromatic rings. The Hall–Kier alpha value is -2.00. The van der Waals surface area contributed by atoms with Gasteiger partial charge >= 0.3 is 0 Å². The minimum absolute atomic E-state index is 0.316. The first-order valence-electron chi connectivity index (χ1n) is 7.61. The van der Waals surface area contributed by atoms with Gasteiger partial charge in [0.25, 0.3) is 0 Å². The Morgan fingerprint density at radius 1 is 1.05 bits per heavy atom. The molecule has 110 valence electrons. The molecule has 0 aromatic heterocycles. The smallest absolute Gasteiger partial charge is 0.115 e. The number of nitrogens with one attached hydrogen (secondary N) is 1. The van der Waals surface area contributed by atoms with Crippen LogP contribution in [0.2, 0.25) is 0 Å². The summed E-state index contributed by atoms with van der Waals surface area (Å²) in [4.78, 5) is 2.52. The van der Waals surface area contributed by atoms with Crippen LogP contribution >= 0.6 is 0 Å². The van der Waals surface area contributed by atoms with Crippen molar-refractivity contribution in [2.24, 2.45) is 0 Å². The molecule has 0 spiro atoms. The van der Waals surface area contributed by atoms with E-state index in [1.165, 1.54) is 12.0 Å². The van der Waals surface area contributed by atoms with Gasteiger partial charge in [-0.15, -0.1) is 0 Å². The summed E-state index contributed by atoms with van der Waals surface area (Å²) < 4.78 is 0. The second-order valence-electron chi connectivity index (χ2n) is 5.71. The standard InChI is InChI=1S/C18H22N2O/c21-18-8-6-16(7-9-18)19-17-11-13-20(14-17)12-10-15-4-2-1-3-5-15/h1-9,17,19,21H,10-14H2. The van der Waals surface area contributed by atoms with Gasteiger partial charge in [-0.2, -0.15) is 0 Å². The molecule has 21 heavy (non-hydrogen) atoms. The van der Waals surface area contributed by atoms with Gasteiger partial charge in [0, 0.05) is 31.4 Å². The Kier molecular flexibility index (Phi) is 4.41. The van der Waals surface area contributed by atoms with E-state index in [-0.39, 0.29) is 0 Å². The third kappa shape index (κ3) is 3.99. The highest BCUT2D eigenvalue weighted by Gasteiger charge is 2.21. The molecule has 0 radical (unpaired) electrons. The van der Waals surface area contributed by atoms with Gasteiger partial charge in [-0.3, -0.25) is 0 Å². The average molecular weight is 282 g/mol. The average Bonchev–Trinajstić information content (AvgIpc) is 2.96. The van der Waals surface area contributed by atoms with Crippen molar-refractivity contribution in [1.82, 2.24) is 4.90 Å². The number of hydrogen-bond acceptors (Lipinski definition) is 3. The lowest BCUT2D eigenvalue weighted by molar-refractivity contribution is 0.341. The maximum Gasteiger partial charge on any atom is 0.115 e. The SMILES string of the molecule is Oc1ccc(NC2CCN(CCc3ccccc3)C2)cc1. The van der Waals surface area contributed by atoms with Crippen LogP contribution in [0, 0.1) is 0 Å². The zero-order valence-electron chi connectivity index (χ0n) is 12.2. The summed E-state index contributed by atoms with van der Waals surface area (Å²) in [5.74, 6) is 0.316. The van der Waals surface area contributed by atoms with Crippen LogP contribution in [0.5, 0.6) is 5.75 Å². The van der Waals surface area contributed by atoms with Crippen LogP contribution < -0.4 is 5.32 Å². The van der Waals surface area contributed by atoms with Crippen molar-refractivity contribution in [3.8, 4) is 5.75 Å². The molecule has 1 saturated heterocycles. The topological polar surface area (TPSA) is 35.5 Å². The Balaban J connectivity index is 1.46. The molecule has 1 unspecified atom stereocenters. The molecular formula is C18H22N2O. The van der Waals surface area contributed by atoms with E-state index in [2.05, 4.69) is 40.5 Å². The van der Waals surface area contributed by atoms with Crippen LogP contribution in [0.25, 0.3) is 0 Å². The molecule has 3 nitrogen and oxygen atoms in total. The zero-order valence-corrected chi connectivity index (χ0v) is 12.2. The van der Waals surface area contributed by atoms with Crippen LogP contribution in [0.15, 0.2) is 54.6 Å². The monoisotopic (exact) mass is 282 g/mol. The van der Waals surface area contributed by atoms with E-state index in [1.54, 1.807) is 12.1 Å². The Labute approximate surface area is 126 Å². The molecule has 0 amide bonds. The van der Waals surface area contributed by atoms with Crippen molar-refractivity contribution in [3.63, 3.8) is 0 Å². The number of rotatable bonds is 5. The van der Waals surface area contributed by atoms with Crippen molar-refractivity contribution in [1.29, 1.82) is 0 Å². The van der Waals surface area contributed by atoms with E-state index >= 15 is 0 Å². The fourth-order valence-electron chi connectivity index (χ4n) is 2.88. The van der Waals surface area contributed by atoms with Crippen LogP contribution in [-0.2, 0) is 6.42 Å². The third-order valence-corrected chi connectivity index (χ3v) is 4.07. The molecule has 1 heterocycles. The first-order chi connectivity index (χ1) is 10.3. The third-order valence-electron chi connectivity index (χ3n) is 4.07. The molecule has 2 aromatic carbocycles. The largest absolute Gasteiger partial charge is 0.508 e. The number of hydrogen-bond donors (Lipinski definition) is 2. The molecule has 0 bridgehead atoms. The Bertz CT molecular complexity index is 553. The van der Waals surface area contributed by atoms with E-state index in [4.69, 9.17) is 0 Å². The number of aromatic hydroxyl groups is 1. The molecular weight excluding hydrogens is 260 g/mol. The molecule has 2 N–H and O–H groups in total. The molecule has 1 fully saturated rings. The van der Waals surface area contributed by atoms with Gasteiger partial charge < -0.3 is 15.3 Å². The van der Waals surface area contributed by atoms with Crippen molar-refractivity contribution in [3.05, 3.63) is 60.2 Å². The number of benzene rings is 2. The van der Waals surface area contributed by atoms with Crippen LogP contribution in [0.1, 0.15) is 12.0 Å². The quantitative estimate of drug-likeness (QED) is 0.827. The highest BCUT2D eigenvalue weighted by Crippen LogP contribution is 2.18. The minimum Gasteiger partial charge on any atom is -0.508 e. The van der Waals surface area contributed by atoms with E-state index in [0.717, 1.165) is 31.7 Å². The first kappa shape index (κ1) is 14.0. The molecule has 0 aliphatic carbocycles. The van der Waals surface area contributed by atoms with Crippen molar-refractivity contribution in [2.75, 3.05) is 25.0 Å². The van der Waals surface area contributed by atoms with Gasteiger partial charge in [-0.1, -0.05) is 30.3 Å². The summed E-state index contributed by atoms with van der Waals surface area (Å²) in [5.41, 5.74) is 2.50. The second-order valence-corrected chi connectivity index (χ2v) is 5.71. The summed E-state index contributed by atoms with van der Waals surface area (Å²) in [6, 6.07) is 18.5. The summed E-state index contributed by atoms with van der Waals surface area (Å²) in [6.45, 7) is 3.37. The van der Waals surface area contributed by atoms with E-state index in [0.29, 0.717) is 11.8 Å². The van der Waals surface area contributed by atoms with Crippen molar-refractivity contribution >= 4 is 5.69 Å². The fourth-order valence-corrected chi connectivity index (χ4v) is 2.88. The molecule has 1 aliphatic heterocycles. The van der Waals surface area contributed by atoms with Crippen LogP contribution in [0.3, 0.4) is 0 Å². The summed E-state index contributed by atoms with van der Waals surface area (Å²) in [5, 5.41) is 12.8. The van der Waals surface area contributed by atoms with Crippen LogP contribution in [0.4, 0.5) is 5.69 Å².